The second-order valence-electron chi connectivity index (χ2n) is 7.34. The van der Waals surface area contributed by atoms with E-state index >= 15 is 0 Å². The maximum absolute atomic E-state index is 12.3. The van der Waals surface area contributed by atoms with Crippen LogP contribution in [0.1, 0.15) is 54.4 Å². The first-order chi connectivity index (χ1) is 10.1. The fraction of sp³-hybridized carbons (Fsp3) is 0.750. The zero-order valence-electron chi connectivity index (χ0n) is 14.7. The second-order valence-corrected chi connectivity index (χ2v) is 7.92. The van der Waals surface area contributed by atoms with Crippen molar-refractivity contribution in [3.63, 3.8) is 0 Å². The van der Waals surface area contributed by atoms with E-state index in [0.717, 1.165) is 0 Å². The Morgan fingerprint density at radius 2 is 1.95 bits per heavy atom. The van der Waals surface area contributed by atoms with Crippen molar-refractivity contribution in [1.82, 2.24) is 0 Å². The molecule has 1 unspecified atom stereocenters. The molecule has 1 rings (SSSR count). The van der Waals surface area contributed by atoms with Crippen LogP contribution >= 0.6 is 0 Å². The van der Waals surface area contributed by atoms with Gasteiger partial charge in [-0.2, -0.15) is 0 Å². The highest BCUT2D eigenvalue weighted by molar-refractivity contribution is 5.99. The molecule has 0 amide bonds. The first-order valence-electron chi connectivity index (χ1n) is 7.69. The molecule has 0 N–H and O–H groups in total. The van der Waals surface area contributed by atoms with Crippen molar-refractivity contribution in [1.29, 1.82) is 0 Å². The van der Waals surface area contributed by atoms with E-state index in [1.165, 1.54) is 0 Å². The Labute approximate surface area is 135 Å². The van der Waals surface area contributed by atoms with Gasteiger partial charge in [-0.3, -0.25) is 4.79 Å². The summed E-state index contributed by atoms with van der Waals surface area (Å²) in [5, 5.41) is 0. The molecule has 0 radical (unpaired) electrons. The summed E-state index contributed by atoms with van der Waals surface area (Å²) in [7, 11) is 0.493. The van der Waals surface area contributed by atoms with Crippen molar-refractivity contribution in [2.75, 3.05) is 6.61 Å². The third-order valence-electron chi connectivity index (χ3n) is 3.73. The van der Waals surface area contributed by atoms with Gasteiger partial charge in [-0.25, -0.2) is 4.79 Å². The highest BCUT2D eigenvalue weighted by atomic mass is 28.2. The minimum Gasteiger partial charge on any atom is -0.457 e. The summed E-state index contributed by atoms with van der Waals surface area (Å²) in [6.45, 7) is 11.9. The van der Waals surface area contributed by atoms with Crippen LogP contribution in [-0.2, 0) is 23.5 Å². The molecule has 0 aromatic heterocycles. The van der Waals surface area contributed by atoms with Gasteiger partial charge in [0.1, 0.15) is 27.9 Å². The summed E-state index contributed by atoms with van der Waals surface area (Å²) in [4.78, 5) is 24.3. The molecule has 1 aliphatic rings. The Morgan fingerprint density at radius 1 is 1.36 bits per heavy atom. The van der Waals surface area contributed by atoms with Gasteiger partial charge < -0.3 is 13.9 Å². The average Bonchev–Trinajstić information content (AvgIpc) is 2.37. The van der Waals surface area contributed by atoms with E-state index in [0.29, 0.717) is 34.7 Å². The molecule has 5 nitrogen and oxygen atoms in total. The molecule has 0 saturated heterocycles. The van der Waals surface area contributed by atoms with Crippen molar-refractivity contribution in [3.8, 4) is 0 Å². The molecule has 22 heavy (non-hydrogen) atoms. The number of ether oxygens (including phenoxy) is 2. The summed E-state index contributed by atoms with van der Waals surface area (Å²) in [5.41, 5.74) is -0.537. The van der Waals surface area contributed by atoms with Crippen LogP contribution in [0.5, 0.6) is 0 Å². The van der Waals surface area contributed by atoms with Gasteiger partial charge in [-0.1, -0.05) is 27.7 Å². The van der Waals surface area contributed by atoms with Crippen LogP contribution in [-0.4, -0.2) is 35.1 Å². The number of carbonyl (C=O) groups is 2. The number of hydrogen-bond donors (Lipinski definition) is 0. The van der Waals surface area contributed by atoms with Gasteiger partial charge in [0, 0.05) is 6.42 Å². The summed E-state index contributed by atoms with van der Waals surface area (Å²) in [6.07, 6.45) is 0.644. The molecule has 0 aromatic rings. The van der Waals surface area contributed by atoms with Gasteiger partial charge in [0.2, 0.25) is 0 Å². The maximum atomic E-state index is 12.3. The Balaban J connectivity index is 3.32. The van der Waals surface area contributed by atoms with Crippen molar-refractivity contribution < 1.29 is 23.5 Å². The SMILES string of the molecule is CCCC(=O)OC1=C(CO[SiH3])C(=O)OC(C(C)(C)C)C1(C)C. The van der Waals surface area contributed by atoms with Gasteiger partial charge in [-0.05, 0) is 25.7 Å². The smallest absolute Gasteiger partial charge is 0.340 e. The topological polar surface area (TPSA) is 61.8 Å². The van der Waals surface area contributed by atoms with Gasteiger partial charge in [0.15, 0.2) is 0 Å². The maximum Gasteiger partial charge on any atom is 0.340 e. The largest absolute Gasteiger partial charge is 0.457 e. The molecule has 0 saturated carbocycles. The van der Waals surface area contributed by atoms with E-state index in [-0.39, 0.29) is 24.1 Å². The zero-order valence-corrected chi connectivity index (χ0v) is 16.7. The number of hydrogen-bond acceptors (Lipinski definition) is 5. The summed E-state index contributed by atoms with van der Waals surface area (Å²) >= 11 is 0. The van der Waals surface area contributed by atoms with E-state index < -0.39 is 11.4 Å². The van der Waals surface area contributed by atoms with Crippen LogP contribution in [0.2, 0.25) is 0 Å². The van der Waals surface area contributed by atoms with E-state index in [1.807, 2.05) is 41.5 Å². The Kier molecular flexibility index (Phi) is 5.98. The highest BCUT2D eigenvalue weighted by Gasteiger charge is 2.50. The molecule has 6 heteroatoms. The quantitative estimate of drug-likeness (QED) is 0.569. The lowest BCUT2D eigenvalue weighted by Gasteiger charge is -2.45. The van der Waals surface area contributed by atoms with E-state index in [9.17, 15) is 9.59 Å². The number of esters is 2. The normalized spacial score (nSPS) is 21.7. The Morgan fingerprint density at radius 3 is 2.41 bits per heavy atom. The average molecular weight is 328 g/mol. The van der Waals surface area contributed by atoms with Gasteiger partial charge in [0.25, 0.3) is 0 Å². The van der Waals surface area contributed by atoms with E-state index in [2.05, 4.69) is 0 Å². The standard InChI is InChI=1S/C16H28O5Si/c1-7-8-11(17)20-12-10(9-19-22)13(18)21-14(15(2,3)4)16(12,5)6/h14H,7-9H2,1-6,22H3. The molecule has 1 atom stereocenters. The van der Waals surface area contributed by atoms with Crippen LogP contribution < -0.4 is 0 Å². The van der Waals surface area contributed by atoms with Crippen molar-refractivity contribution >= 4 is 22.4 Å². The third kappa shape index (κ3) is 3.98. The summed E-state index contributed by atoms with van der Waals surface area (Å²) < 4.78 is 16.5. The van der Waals surface area contributed by atoms with Crippen LogP contribution in [0.3, 0.4) is 0 Å². The molecule has 126 valence electrons. The van der Waals surface area contributed by atoms with Gasteiger partial charge in [0.05, 0.1) is 12.0 Å². The molecule has 0 aromatic carbocycles. The fourth-order valence-electron chi connectivity index (χ4n) is 3.02. The highest BCUT2D eigenvalue weighted by Crippen LogP contribution is 2.46. The molecule has 1 heterocycles. The van der Waals surface area contributed by atoms with Crippen molar-refractivity contribution in [2.45, 2.75) is 60.5 Å². The molecular formula is C16H28O5Si. The molecule has 1 aliphatic heterocycles. The molecule has 0 fully saturated rings. The monoisotopic (exact) mass is 328 g/mol. The predicted molar refractivity (Wildman–Crippen MR) is 87.0 cm³/mol. The second kappa shape index (κ2) is 6.96. The lowest BCUT2D eigenvalue weighted by atomic mass is 9.69. The predicted octanol–water partition coefficient (Wildman–Crippen LogP) is 1.88. The summed E-state index contributed by atoms with van der Waals surface area (Å²) in [5.74, 6) is -0.369. The number of carbonyl (C=O) groups excluding carboxylic acids is 2. The first kappa shape index (κ1) is 18.9. The first-order valence-corrected chi connectivity index (χ1v) is 8.51. The van der Waals surface area contributed by atoms with Crippen molar-refractivity contribution in [2.24, 2.45) is 10.8 Å². The third-order valence-corrected chi connectivity index (χ3v) is 4.02. The van der Waals surface area contributed by atoms with Gasteiger partial charge >= 0.3 is 11.9 Å². The van der Waals surface area contributed by atoms with Crippen LogP contribution in [0.15, 0.2) is 11.3 Å². The molecular weight excluding hydrogens is 300 g/mol. The summed E-state index contributed by atoms with van der Waals surface area (Å²) in [6, 6.07) is 0. The number of cyclic esters (lactones) is 1. The van der Waals surface area contributed by atoms with Crippen molar-refractivity contribution in [3.05, 3.63) is 11.3 Å². The molecule has 0 bridgehead atoms. The molecule has 0 aliphatic carbocycles. The Hall–Kier alpha value is -1.14. The fourth-order valence-corrected chi connectivity index (χ4v) is 3.31. The zero-order chi connectivity index (χ0) is 17.1. The lowest BCUT2D eigenvalue weighted by Crippen LogP contribution is -2.49. The van der Waals surface area contributed by atoms with Crippen LogP contribution in [0.25, 0.3) is 0 Å². The Bertz CT molecular complexity index is 473. The van der Waals surface area contributed by atoms with Crippen LogP contribution in [0, 0.1) is 10.8 Å². The van der Waals surface area contributed by atoms with E-state index in [1.54, 1.807) is 0 Å². The number of rotatable bonds is 5. The minimum absolute atomic E-state index is 0.125. The van der Waals surface area contributed by atoms with Crippen LogP contribution in [0.4, 0.5) is 0 Å². The minimum atomic E-state index is -0.592. The van der Waals surface area contributed by atoms with Gasteiger partial charge in [-0.15, -0.1) is 0 Å². The lowest BCUT2D eigenvalue weighted by molar-refractivity contribution is -0.169. The molecule has 0 spiro atoms. The van der Waals surface area contributed by atoms with E-state index in [4.69, 9.17) is 13.9 Å².